The molecule has 170 valence electrons. The number of piperazine rings is 1. The molecule has 0 N–H and O–H groups in total. The first kappa shape index (κ1) is 21.3. The number of pyridine rings is 1. The standard InChI is InChI=1S/C25H29N7O/c1-18(2)32-25(27-28-29-32)24(20-6-11-23-19(17-20)5-4-12-26-23)31-15-13-30(14-16-31)21-7-9-22(33-3)10-8-21/h4-12,17-18,24H,13-16H2,1-3H3/t24-/m0/s1. The minimum absolute atomic E-state index is 0.0231. The molecule has 0 radical (unpaired) electrons. The van der Waals surface area contributed by atoms with Gasteiger partial charge in [0.05, 0.1) is 24.7 Å². The van der Waals surface area contributed by atoms with Gasteiger partial charge in [0.2, 0.25) is 0 Å². The molecule has 0 spiro atoms. The molecule has 1 aliphatic heterocycles. The van der Waals surface area contributed by atoms with Gasteiger partial charge in [0.1, 0.15) is 5.75 Å². The first-order valence-electron chi connectivity index (χ1n) is 11.4. The zero-order valence-electron chi connectivity index (χ0n) is 19.3. The van der Waals surface area contributed by atoms with Crippen molar-refractivity contribution in [1.82, 2.24) is 30.1 Å². The van der Waals surface area contributed by atoms with Crippen LogP contribution < -0.4 is 9.64 Å². The van der Waals surface area contributed by atoms with Gasteiger partial charge in [0.15, 0.2) is 5.82 Å². The third kappa shape index (κ3) is 4.26. The summed E-state index contributed by atoms with van der Waals surface area (Å²) in [5.74, 6) is 1.76. The molecule has 2 aromatic carbocycles. The molecule has 33 heavy (non-hydrogen) atoms. The molecule has 1 saturated heterocycles. The predicted octanol–water partition coefficient (Wildman–Crippen LogP) is 3.72. The zero-order chi connectivity index (χ0) is 22.8. The molecule has 0 amide bonds. The van der Waals surface area contributed by atoms with E-state index in [1.54, 1.807) is 7.11 Å². The third-order valence-electron chi connectivity index (χ3n) is 6.31. The lowest BCUT2D eigenvalue weighted by Crippen LogP contribution is -2.48. The van der Waals surface area contributed by atoms with Crippen LogP contribution in [0, 0.1) is 0 Å². The van der Waals surface area contributed by atoms with E-state index in [-0.39, 0.29) is 12.1 Å². The summed E-state index contributed by atoms with van der Waals surface area (Å²) in [5.41, 5.74) is 3.40. The van der Waals surface area contributed by atoms with Crippen LogP contribution >= 0.6 is 0 Å². The minimum atomic E-state index is -0.0231. The number of ether oxygens (including phenoxy) is 1. The van der Waals surface area contributed by atoms with Crippen LogP contribution in [-0.4, -0.2) is 63.4 Å². The molecule has 3 heterocycles. The number of methoxy groups -OCH3 is 1. The molecule has 1 aliphatic rings. The topological polar surface area (TPSA) is 72.2 Å². The van der Waals surface area contributed by atoms with Gasteiger partial charge in [-0.1, -0.05) is 12.1 Å². The summed E-state index contributed by atoms with van der Waals surface area (Å²) >= 11 is 0. The van der Waals surface area contributed by atoms with Gasteiger partial charge < -0.3 is 9.64 Å². The molecule has 8 nitrogen and oxygen atoms in total. The van der Waals surface area contributed by atoms with Gasteiger partial charge in [-0.25, -0.2) is 4.68 Å². The summed E-state index contributed by atoms with van der Waals surface area (Å²) in [6.07, 6.45) is 1.83. The van der Waals surface area contributed by atoms with Crippen molar-refractivity contribution >= 4 is 16.6 Å². The molecule has 0 saturated carbocycles. The summed E-state index contributed by atoms with van der Waals surface area (Å²) in [5, 5.41) is 13.9. The Morgan fingerprint density at radius 1 is 0.939 bits per heavy atom. The van der Waals surface area contributed by atoms with Gasteiger partial charge in [0, 0.05) is 43.4 Å². The van der Waals surface area contributed by atoms with Crippen molar-refractivity contribution in [2.75, 3.05) is 38.2 Å². The van der Waals surface area contributed by atoms with E-state index >= 15 is 0 Å². The molecule has 2 aromatic heterocycles. The van der Waals surface area contributed by atoms with Gasteiger partial charge >= 0.3 is 0 Å². The molecule has 8 heteroatoms. The Balaban J connectivity index is 1.45. The second-order valence-electron chi connectivity index (χ2n) is 8.65. The Labute approximate surface area is 193 Å². The lowest BCUT2D eigenvalue weighted by molar-refractivity contribution is 0.199. The summed E-state index contributed by atoms with van der Waals surface area (Å²) in [6, 6.07) is 19.0. The summed E-state index contributed by atoms with van der Waals surface area (Å²) in [4.78, 5) is 9.39. The molecule has 5 rings (SSSR count). The highest BCUT2D eigenvalue weighted by atomic mass is 16.5. The number of tetrazole rings is 1. The summed E-state index contributed by atoms with van der Waals surface area (Å²) < 4.78 is 7.24. The first-order chi connectivity index (χ1) is 16.1. The normalized spacial score (nSPS) is 15.8. The Hall–Kier alpha value is -3.52. The number of hydrogen-bond acceptors (Lipinski definition) is 7. The van der Waals surface area contributed by atoms with Gasteiger partial charge in [-0.05, 0) is 72.3 Å². The predicted molar refractivity (Wildman–Crippen MR) is 129 cm³/mol. The number of anilines is 1. The second kappa shape index (κ2) is 9.15. The van der Waals surface area contributed by atoms with Crippen molar-refractivity contribution in [3.05, 3.63) is 72.2 Å². The number of benzene rings is 2. The number of nitrogens with zero attached hydrogens (tertiary/aromatic N) is 7. The van der Waals surface area contributed by atoms with E-state index in [0.29, 0.717) is 0 Å². The van der Waals surface area contributed by atoms with Crippen LogP contribution in [-0.2, 0) is 0 Å². The van der Waals surface area contributed by atoms with Gasteiger partial charge in [0.25, 0.3) is 0 Å². The third-order valence-corrected chi connectivity index (χ3v) is 6.31. The largest absolute Gasteiger partial charge is 0.497 e. The van der Waals surface area contributed by atoms with Crippen LogP contribution in [0.2, 0.25) is 0 Å². The fourth-order valence-electron chi connectivity index (χ4n) is 4.57. The Kier molecular flexibility index (Phi) is 5.92. The van der Waals surface area contributed by atoms with Crippen molar-refractivity contribution in [3.63, 3.8) is 0 Å². The minimum Gasteiger partial charge on any atom is -0.497 e. The Morgan fingerprint density at radius 3 is 2.45 bits per heavy atom. The van der Waals surface area contributed by atoms with Crippen LogP contribution in [0.5, 0.6) is 5.75 Å². The number of hydrogen-bond donors (Lipinski definition) is 0. The maximum Gasteiger partial charge on any atom is 0.173 e. The molecular weight excluding hydrogens is 414 g/mol. The monoisotopic (exact) mass is 443 g/mol. The van der Waals surface area contributed by atoms with E-state index in [2.05, 4.69) is 80.6 Å². The zero-order valence-corrected chi connectivity index (χ0v) is 19.3. The van der Waals surface area contributed by atoms with E-state index in [0.717, 1.165) is 48.7 Å². The van der Waals surface area contributed by atoms with Crippen molar-refractivity contribution < 1.29 is 4.74 Å². The maximum atomic E-state index is 5.30. The summed E-state index contributed by atoms with van der Waals surface area (Å²) in [6.45, 7) is 7.91. The smallest absolute Gasteiger partial charge is 0.173 e. The van der Waals surface area contributed by atoms with Crippen LogP contribution in [0.4, 0.5) is 5.69 Å². The highest BCUT2D eigenvalue weighted by Gasteiger charge is 2.31. The molecule has 0 bridgehead atoms. The average molecular weight is 444 g/mol. The average Bonchev–Trinajstić information content (AvgIpc) is 3.34. The van der Waals surface area contributed by atoms with Crippen LogP contribution in [0.15, 0.2) is 60.8 Å². The SMILES string of the molecule is COc1ccc(N2CCN([C@@H](c3ccc4ncccc4c3)c3nnnn3C(C)C)CC2)cc1. The Morgan fingerprint density at radius 2 is 1.73 bits per heavy atom. The van der Waals surface area contributed by atoms with Crippen molar-refractivity contribution in [2.24, 2.45) is 0 Å². The highest BCUT2D eigenvalue weighted by molar-refractivity contribution is 5.79. The lowest BCUT2D eigenvalue weighted by atomic mass is 10.0. The fraction of sp³-hybridized carbons (Fsp3) is 0.360. The van der Waals surface area contributed by atoms with E-state index in [1.165, 1.54) is 11.3 Å². The fourth-order valence-corrected chi connectivity index (χ4v) is 4.57. The van der Waals surface area contributed by atoms with E-state index < -0.39 is 0 Å². The number of fused-ring (bicyclic) bond motifs is 1. The Bertz CT molecular complexity index is 1210. The van der Waals surface area contributed by atoms with Crippen LogP contribution in [0.1, 0.15) is 37.3 Å². The van der Waals surface area contributed by atoms with Crippen LogP contribution in [0.3, 0.4) is 0 Å². The van der Waals surface area contributed by atoms with Gasteiger partial charge in [-0.3, -0.25) is 9.88 Å². The number of aromatic nitrogens is 5. The highest BCUT2D eigenvalue weighted by Crippen LogP contribution is 2.32. The van der Waals surface area contributed by atoms with Crippen LogP contribution in [0.25, 0.3) is 10.9 Å². The van der Waals surface area contributed by atoms with Crippen molar-refractivity contribution in [1.29, 1.82) is 0 Å². The second-order valence-corrected chi connectivity index (χ2v) is 8.65. The summed E-state index contributed by atoms with van der Waals surface area (Å²) in [7, 11) is 1.70. The van der Waals surface area contributed by atoms with E-state index in [4.69, 9.17) is 4.74 Å². The molecular formula is C25H29N7O. The van der Waals surface area contributed by atoms with Crippen molar-refractivity contribution in [2.45, 2.75) is 25.9 Å². The molecule has 0 unspecified atom stereocenters. The molecule has 1 fully saturated rings. The quantitative estimate of drug-likeness (QED) is 0.450. The van der Waals surface area contributed by atoms with E-state index in [9.17, 15) is 0 Å². The van der Waals surface area contributed by atoms with Gasteiger partial charge in [-0.15, -0.1) is 5.10 Å². The van der Waals surface area contributed by atoms with Crippen molar-refractivity contribution in [3.8, 4) is 5.75 Å². The van der Waals surface area contributed by atoms with E-state index in [1.807, 2.05) is 29.1 Å². The lowest BCUT2D eigenvalue weighted by Gasteiger charge is -2.40. The number of rotatable bonds is 6. The molecule has 1 atom stereocenters. The molecule has 0 aliphatic carbocycles. The van der Waals surface area contributed by atoms with Gasteiger partial charge in [-0.2, -0.15) is 0 Å². The maximum absolute atomic E-state index is 5.30. The first-order valence-corrected chi connectivity index (χ1v) is 11.4. The molecule has 4 aromatic rings.